The fourth-order valence-electron chi connectivity index (χ4n) is 1.09. The Hall–Kier alpha value is -1.55. The van der Waals surface area contributed by atoms with Gasteiger partial charge in [0.1, 0.15) is 0 Å². The number of rotatable bonds is 1. The van der Waals surface area contributed by atoms with Gasteiger partial charge in [0.05, 0.1) is 11.3 Å². The Balaban J connectivity index is 3.20. The molecule has 0 bridgehead atoms. The third kappa shape index (κ3) is 5.30. The maximum atomic E-state index is 13.3. The van der Waals surface area contributed by atoms with Crippen molar-refractivity contribution in [3.05, 3.63) is 23.5 Å². The Bertz CT molecular complexity index is 538. The normalized spacial score (nSPS) is 12.6. The molecule has 1 aromatic carbocycles. The van der Waals surface area contributed by atoms with E-state index in [2.05, 4.69) is 15.9 Å². The van der Waals surface area contributed by atoms with Crippen LogP contribution in [0.4, 0.5) is 23.2 Å². The number of ether oxygens (including phenoxy) is 1. The molecule has 0 heterocycles. The van der Waals surface area contributed by atoms with Crippen LogP contribution in [0.5, 0.6) is 5.75 Å². The molecule has 0 atom stereocenters. The smallest absolute Gasteiger partial charge is 0.403 e. The lowest BCUT2D eigenvalue weighted by atomic mass is 10.2. The molecule has 0 aliphatic carbocycles. The summed E-state index contributed by atoms with van der Waals surface area (Å²) >= 11 is 0. The van der Waals surface area contributed by atoms with Crippen molar-refractivity contribution in [2.24, 2.45) is 0 Å². The number of halogens is 4. The summed E-state index contributed by atoms with van der Waals surface area (Å²) in [6, 6.07) is 1.62. The van der Waals surface area contributed by atoms with Gasteiger partial charge in [0.25, 0.3) is 0 Å². The molecule has 0 fully saturated rings. The highest BCUT2D eigenvalue weighted by molar-refractivity contribution is 8.35. The molecule has 0 aliphatic heterocycles. The van der Waals surface area contributed by atoms with Crippen LogP contribution >= 0.6 is 10.0 Å². The largest absolute Gasteiger partial charge is 0.573 e. The number of anilines is 1. The van der Waals surface area contributed by atoms with E-state index >= 15 is 0 Å². The predicted molar refractivity (Wildman–Crippen MR) is 69.7 cm³/mol. The zero-order chi connectivity index (χ0) is 14.8. The second-order valence-electron chi connectivity index (χ2n) is 4.48. The summed E-state index contributed by atoms with van der Waals surface area (Å²) in [4.78, 5) is 0. The molecule has 1 aromatic rings. The van der Waals surface area contributed by atoms with Crippen LogP contribution in [0, 0.1) is 17.0 Å². The van der Waals surface area contributed by atoms with E-state index in [1.807, 2.05) is 18.8 Å². The highest BCUT2D eigenvalue weighted by Gasteiger charge is 2.32. The molecule has 0 spiro atoms. The first-order chi connectivity index (χ1) is 8.48. The van der Waals surface area contributed by atoms with E-state index in [4.69, 9.17) is 5.73 Å². The van der Waals surface area contributed by atoms with Crippen LogP contribution in [-0.4, -0.2) is 25.1 Å². The Morgan fingerprint density at radius 2 is 1.79 bits per heavy atom. The molecule has 7 heteroatoms. The van der Waals surface area contributed by atoms with E-state index in [1.54, 1.807) is 0 Å². The van der Waals surface area contributed by atoms with E-state index in [-0.39, 0.29) is 11.3 Å². The summed E-state index contributed by atoms with van der Waals surface area (Å²) in [5, 5.41) is 2.88. The first-order valence-electron chi connectivity index (χ1n) is 5.04. The molecular formula is C12H13F4NOS. The third-order valence-electron chi connectivity index (χ3n) is 1.82. The van der Waals surface area contributed by atoms with E-state index in [1.165, 1.54) is 0 Å². The Morgan fingerprint density at radius 3 is 2.26 bits per heavy atom. The summed E-state index contributed by atoms with van der Waals surface area (Å²) in [6.45, 7) is 0. The second-order valence-corrected chi connectivity index (χ2v) is 8.36. The van der Waals surface area contributed by atoms with Gasteiger partial charge in [0.2, 0.25) is 0 Å². The number of hydrogen-bond acceptors (Lipinski definition) is 2. The number of nitrogen functional groups attached to an aromatic ring is 1. The van der Waals surface area contributed by atoms with Crippen molar-refractivity contribution in [3.8, 4) is 16.9 Å². The Kier molecular flexibility index (Phi) is 4.25. The summed E-state index contributed by atoms with van der Waals surface area (Å²) in [6.07, 6.45) is 0.767. The minimum atomic E-state index is -4.96. The number of hydrogen-bond donors (Lipinski definition) is 1. The molecule has 2 N–H and O–H groups in total. The number of alkyl halides is 3. The van der Waals surface area contributed by atoms with Crippen LogP contribution in [0.3, 0.4) is 0 Å². The van der Waals surface area contributed by atoms with Crippen molar-refractivity contribution in [3.63, 3.8) is 0 Å². The molecule has 0 unspecified atom stereocenters. The number of benzene rings is 1. The van der Waals surface area contributed by atoms with Gasteiger partial charge in [-0.15, -0.1) is 13.2 Å². The van der Waals surface area contributed by atoms with Gasteiger partial charge in [0, 0.05) is 12.1 Å². The molecule has 0 radical (unpaired) electrons. The molecule has 0 saturated carbocycles. The van der Waals surface area contributed by atoms with Crippen molar-refractivity contribution in [2.45, 2.75) is 6.36 Å². The van der Waals surface area contributed by atoms with Crippen LogP contribution in [0.15, 0.2) is 12.1 Å². The van der Waals surface area contributed by atoms with E-state index in [0.29, 0.717) is 0 Å². The summed E-state index contributed by atoms with van der Waals surface area (Å²) in [5.41, 5.74) is 5.60. The van der Waals surface area contributed by atoms with Gasteiger partial charge in [-0.05, 0) is 24.0 Å². The molecular weight excluding hydrogens is 282 g/mol. The summed E-state index contributed by atoms with van der Waals surface area (Å²) in [5.74, 6) is 0.542. The average Bonchev–Trinajstić information content (AvgIpc) is 2.17. The van der Waals surface area contributed by atoms with Crippen molar-refractivity contribution in [1.29, 1.82) is 0 Å². The van der Waals surface area contributed by atoms with Gasteiger partial charge >= 0.3 is 6.36 Å². The van der Waals surface area contributed by atoms with Crippen molar-refractivity contribution in [1.82, 2.24) is 0 Å². The highest BCUT2D eigenvalue weighted by atomic mass is 32.3. The number of nitrogens with two attached hydrogens (primary N) is 1. The van der Waals surface area contributed by atoms with Crippen LogP contribution in [0.25, 0.3) is 0 Å². The standard InChI is InChI=1S/C12H13F4NOS/c1-19(2,3)5-4-8-6-11(18-12(14,15)16)9(13)7-10(8)17/h6-7H,17H2,1-3H3. The molecule has 106 valence electrons. The van der Waals surface area contributed by atoms with Gasteiger partial charge in [-0.1, -0.05) is 5.92 Å². The average molecular weight is 295 g/mol. The fraction of sp³-hybridized carbons (Fsp3) is 0.333. The second kappa shape index (κ2) is 5.21. The van der Waals surface area contributed by atoms with Crippen LogP contribution in [0.2, 0.25) is 0 Å². The summed E-state index contributed by atoms with van der Waals surface area (Å²) in [7, 11) is -1.17. The summed E-state index contributed by atoms with van der Waals surface area (Å²) < 4.78 is 53.1. The van der Waals surface area contributed by atoms with Crippen molar-refractivity contribution in [2.75, 3.05) is 24.5 Å². The topological polar surface area (TPSA) is 35.2 Å². The van der Waals surface area contributed by atoms with Gasteiger partial charge in [-0.2, -0.15) is 10.0 Å². The highest BCUT2D eigenvalue weighted by Crippen LogP contribution is 2.33. The van der Waals surface area contributed by atoms with E-state index in [0.717, 1.165) is 12.1 Å². The zero-order valence-electron chi connectivity index (χ0n) is 10.6. The van der Waals surface area contributed by atoms with E-state index in [9.17, 15) is 17.6 Å². The monoisotopic (exact) mass is 295 g/mol. The third-order valence-corrected chi connectivity index (χ3v) is 2.54. The quantitative estimate of drug-likeness (QED) is 0.490. The fourth-order valence-corrected chi connectivity index (χ4v) is 1.50. The van der Waals surface area contributed by atoms with Gasteiger partial charge in [-0.25, -0.2) is 4.39 Å². The molecule has 0 saturated heterocycles. The molecule has 19 heavy (non-hydrogen) atoms. The lowest BCUT2D eigenvalue weighted by Crippen LogP contribution is -2.18. The van der Waals surface area contributed by atoms with E-state index < -0.39 is 28.0 Å². The zero-order valence-corrected chi connectivity index (χ0v) is 11.4. The molecule has 2 nitrogen and oxygen atoms in total. The minimum Gasteiger partial charge on any atom is -0.403 e. The first-order valence-corrected chi connectivity index (χ1v) is 7.89. The SMILES string of the molecule is CS(C)(C)C#Cc1cc(OC(F)(F)F)c(F)cc1N. The lowest BCUT2D eigenvalue weighted by Gasteiger charge is -2.15. The predicted octanol–water partition coefficient (Wildman–Crippen LogP) is 3.31. The lowest BCUT2D eigenvalue weighted by molar-refractivity contribution is -0.275. The van der Waals surface area contributed by atoms with Gasteiger partial charge in [-0.3, -0.25) is 0 Å². The van der Waals surface area contributed by atoms with Crippen LogP contribution in [-0.2, 0) is 0 Å². The molecule has 0 aromatic heterocycles. The van der Waals surface area contributed by atoms with Crippen molar-refractivity contribution < 1.29 is 22.3 Å². The van der Waals surface area contributed by atoms with Crippen LogP contribution < -0.4 is 10.5 Å². The van der Waals surface area contributed by atoms with Crippen LogP contribution in [0.1, 0.15) is 5.56 Å². The molecule has 0 aliphatic rings. The maximum Gasteiger partial charge on any atom is 0.573 e. The Labute approximate surface area is 110 Å². The minimum absolute atomic E-state index is 0.0248. The van der Waals surface area contributed by atoms with Gasteiger partial charge in [0.15, 0.2) is 11.6 Å². The Morgan fingerprint density at radius 1 is 1.21 bits per heavy atom. The first kappa shape index (κ1) is 15.5. The van der Waals surface area contributed by atoms with Crippen molar-refractivity contribution >= 4 is 15.7 Å². The maximum absolute atomic E-state index is 13.3. The molecule has 0 amide bonds. The van der Waals surface area contributed by atoms with Gasteiger partial charge < -0.3 is 10.5 Å². The molecule has 1 rings (SSSR count).